The van der Waals surface area contributed by atoms with Crippen LogP contribution in [-0.2, 0) is 0 Å². The zero-order valence-corrected chi connectivity index (χ0v) is 15.1. The van der Waals surface area contributed by atoms with Crippen LogP contribution in [0.1, 0.15) is 54.4 Å². The highest BCUT2D eigenvalue weighted by Crippen LogP contribution is 2.52. The summed E-state index contributed by atoms with van der Waals surface area (Å²) >= 11 is 0. The molecule has 0 bridgehead atoms. The van der Waals surface area contributed by atoms with Gasteiger partial charge in [0.15, 0.2) is 0 Å². The summed E-state index contributed by atoms with van der Waals surface area (Å²) in [6.07, 6.45) is 2.91. The third kappa shape index (κ3) is 3.02. The molecule has 2 heterocycles. The SMILES string of the molecule is CC(C)(C)N1CCN(C2CC3(C2)CN(C(C)(C)C)C3)CC1. The molecule has 0 aromatic heterocycles. The van der Waals surface area contributed by atoms with Crippen molar-refractivity contribution in [3.05, 3.63) is 0 Å². The normalized spacial score (nSPS) is 29.4. The summed E-state index contributed by atoms with van der Waals surface area (Å²) < 4.78 is 0. The zero-order chi connectivity index (χ0) is 15.5. The molecule has 0 radical (unpaired) electrons. The Bertz CT molecular complexity index is 368. The second-order valence-corrected chi connectivity index (χ2v) is 9.78. The van der Waals surface area contributed by atoms with E-state index in [1.807, 2.05) is 0 Å². The Morgan fingerprint density at radius 2 is 1.19 bits per heavy atom. The molecule has 0 N–H and O–H groups in total. The van der Waals surface area contributed by atoms with E-state index in [1.165, 1.54) is 52.1 Å². The van der Waals surface area contributed by atoms with Crippen molar-refractivity contribution in [3.63, 3.8) is 0 Å². The van der Waals surface area contributed by atoms with E-state index in [0.29, 0.717) is 16.5 Å². The third-order valence-corrected chi connectivity index (χ3v) is 6.12. The summed E-state index contributed by atoms with van der Waals surface area (Å²) in [5, 5.41) is 0. The van der Waals surface area contributed by atoms with E-state index < -0.39 is 0 Å². The van der Waals surface area contributed by atoms with E-state index in [2.05, 4.69) is 56.2 Å². The van der Waals surface area contributed by atoms with Gasteiger partial charge in [-0.05, 0) is 59.8 Å². The quantitative estimate of drug-likeness (QED) is 0.736. The van der Waals surface area contributed by atoms with Gasteiger partial charge in [0.2, 0.25) is 0 Å². The van der Waals surface area contributed by atoms with Crippen LogP contribution in [0.25, 0.3) is 0 Å². The van der Waals surface area contributed by atoms with Crippen LogP contribution in [-0.4, -0.2) is 71.1 Å². The molecule has 1 spiro atoms. The van der Waals surface area contributed by atoms with E-state index >= 15 is 0 Å². The summed E-state index contributed by atoms with van der Waals surface area (Å²) in [7, 11) is 0. The summed E-state index contributed by atoms with van der Waals surface area (Å²) in [5.41, 5.74) is 1.40. The Morgan fingerprint density at radius 3 is 1.62 bits per heavy atom. The van der Waals surface area contributed by atoms with Crippen LogP contribution in [0.2, 0.25) is 0 Å². The molecule has 0 aromatic rings. The molecule has 3 fully saturated rings. The number of nitrogens with zero attached hydrogens (tertiary/aromatic N) is 3. The van der Waals surface area contributed by atoms with Crippen molar-refractivity contribution in [2.24, 2.45) is 5.41 Å². The molecular formula is C18H35N3. The molecule has 0 amide bonds. The van der Waals surface area contributed by atoms with Gasteiger partial charge in [-0.15, -0.1) is 0 Å². The minimum atomic E-state index is 0.341. The highest BCUT2D eigenvalue weighted by atomic mass is 15.3. The Labute approximate surface area is 131 Å². The van der Waals surface area contributed by atoms with E-state index in [9.17, 15) is 0 Å². The van der Waals surface area contributed by atoms with Crippen LogP contribution in [0.3, 0.4) is 0 Å². The Kier molecular flexibility index (Phi) is 3.71. The molecule has 0 aromatic carbocycles. The van der Waals surface area contributed by atoms with Gasteiger partial charge in [0.1, 0.15) is 0 Å². The maximum absolute atomic E-state index is 2.77. The Morgan fingerprint density at radius 1 is 0.714 bits per heavy atom. The van der Waals surface area contributed by atoms with Gasteiger partial charge in [-0.2, -0.15) is 0 Å². The van der Waals surface area contributed by atoms with Gasteiger partial charge in [0.05, 0.1) is 0 Å². The Balaban J connectivity index is 1.43. The lowest BCUT2D eigenvalue weighted by molar-refractivity contribution is -0.144. The van der Waals surface area contributed by atoms with E-state index in [4.69, 9.17) is 0 Å². The van der Waals surface area contributed by atoms with Crippen LogP contribution in [0.15, 0.2) is 0 Å². The molecule has 21 heavy (non-hydrogen) atoms. The molecule has 1 saturated carbocycles. The van der Waals surface area contributed by atoms with E-state index in [1.54, 1.807) is 0 Å². The van der Waals surface area contributed by atoms with Crippen LogP contribution in [0, 0.1) is 5.41 Å². The molecule has 2 saturated heterocycles. The molecule has 2 aliphatic heterocycles. The van der Waals surface area contributed by atoms with E-state index in [0.717, 1.165) is 6.04 Å². The van der Waals surface area contributed by atoms with Crippen LogP contribution in [0.5, 0.6) is 0 Å². The summed E-state index contributed by atoms with van der Waals surface area (Å²) in [6.45, 7) is 21.8. The largest absolute Gasteiger partial charge is 0.298 e. The fourth-order valence-corrected chi connectivity index (χ4v) is 4.45. The number of hydrogen-bond acceptors (Lipinski definition) is 3. The van der Waals surface area contributed by atoms with Gasteiger partial charge in [-0.3, -0.25) is 14.7 Å². The van der Waals surface area contributed by atoms with Crippen molar-refractivity contribution >= 4 is 0 Å². The molecule has 3 heteroatoms. The van der Waals surface area contributed by atoms with Gasteiger partial charge in [0.25, 0.3) is 0 Å². The first-order valence-electron chi connectivity index (χ1n) is 8.83. The van der Waals surface area contributed by atoms with Crippen LogP contribution in [0.4, 0.5) is 0 Å². The highest BCUT2D eigenvalue weighted by Gasteiger charge is 2.55. The average molecular weight is 293 g/mol. The molecule has 0 unspecified atom stereocenters. The van der Waals surface area contributed by atoms with Crippen molar-refractivity contribution < 1.29 is 0 Å². The second-order valence-electron chi connectivity index (χ2n) is 9.78. The fraction of sp³-hybridized carbons (Fsp3) is 1.00. The number of hydrogen-bond donors (Lipinski definition) is 0. The lowest BCUT2D eigenvalue weighted by Crippen LogP contribution is -2.70. The molecule has 1 aliphatic carbocycles. The average Bonchev–Trinajstić information content (AvgIpc) is 2.22. The topological polar surface area (TPSA) is 9.72 Å². The van der Waals surface area contributed by atoms with Gasteiger partial charge in [-0.1, -0.05) is 0 Å². The molecule has 3 aliphatic rings. The molecule has 122 valence electrons. The number of likely N-dealkylation sites (tertiary alicyclic amines) is 1. The van der Waals surface area contributed by atoms with Crippen molar-refractivity contribution in [1.29, 1.82) is 0 Å². The third-order valence-electron chi connectivity index (χ3n) is 6.12. The van der Waals surface area contributed by atoms with Crippen LogP contribution < -0.4 is 0 Å². The molecular weight excluding hydrogens is 258 g/mol. The van der Waals surface area contributed by atoms with Crippen molar-refractivity contribution in [3.8, 4) is 0 Å². The predicted octanol–water partition coefficient (Wildman–Crippen LogP) is 2.67. The van der Waals surface area contributed by atoms with Gasteiger partial charge >= 0.3 is 0 Å². The van der Waals surface area contributed by atoms with Gasteiger partial charge < -0.3 is 0 Å². The van der Waals surface area contributed by atoms with Gasteiger partial charge in [-0.25, -0.2) is 0 Å². The number of rotatable bonds is 1. The van der Waals surface area contributed by atoms with Gasteiger partial charge in [0, 0.05) is 56.4 Å². The first kappa shape index (κ1) is 15.8. The summed E-state index contributed by atoms with van der Waals surface area (Å²) in [6, 6.07) is 0.884. The zero-order valence-electron chi connectivity index (χ0n) is 15.1. The van der Waals surface area contributed by atoms with Crippen molar-refractivity contribution in [2.75, 3.05) is 39.3 Å². The standard InChI is InChI=1S/C18H35N3/c1-16(2,3)20-9-7-19(8-10-20)15-11-18(12-15)13-21(14-18)17(4,5)6/h15H,7-14H2,1-6H3. The monoisotopic (exact) mass is 293 g/mol. The maximum Gasteiger partial charge on any atom is 0.0126 e. The van der Waals surface area contributed by atoms with Crippen LogP contribution >= 0.6 is 0 Å². The minimum Gasteiger partial charge on any atom is -0.298 e. The lowest BCUT2D eigenvalue weighted by Gasteiger charge is -2.64. The highest BCUT2D eigenvalue weighted by molar-refractivity contribution is 5.10. The fourth-order valence-electron chi connectivity index (χ4n) is 4.45. The summed E-state index contributed by atoms with van der Waals surface area (Å²) in [5.74, 6) is 0. The first-order valence-corrected chi connectivity index (χ1v) is 8.83. The predicted molar refractivity (Wildman–Crippen MR) is 89.7 cm³/mol. The van der Waals surface area contributed by atoms with Crippen molar-refractivity contribution in [1.82, 2.24) is 14.7 Å². The molecule has 0 atom stereocenters. The smallest absolute Gasteiger partial charge is 0.0126 e. The van der Waals surface area contributed by atoms with Crippen molar-refractivity contribution in [2.45, 2.75) is 71.5 Å². The van der Waals surface area contributed by atoms with E-state index in [-0.39, 0.29) is 0 Å². The second kappa shape index (κ2) is 4.94. The Hall–Kier alpha value is -0.120. The molecule has 3 nitrogen and oxygen atoms in total. The first-order chi connectivity index (χ1) is 9.59. The minimum absolute atomic E-state index is 0.341. The summed E-state index contributed by atoms with van der Waals surface area (Å²) in [4.78, 5) is 8.07. The maximum atomic E-state index is 2.77. The molecule has 3 rings (SSSR count). The number of piperazine rings is 1. The lowest BCUT2D eigenvalue weighted by atomic mass is 9.59.